The van der Waals surface area contributed by atoms with E-state index in [0.29, 0.717) is 23.8 Å². The first-order valence-electron chi connectivity index (χ1n) is 7.94. The minimum atomic E-state index is -0.274. The zero-order valence-corrected chi connectivity index (χ0v) is 13.9. The van der Waals surface area contributed by atoms with Crippen molar-refractivity contribution in [1.29, 1.82) is 0 Å². The van der Waals surface area contributed by atoms with E-state index in [1.165, 1.54) is 12.1 Å². The summed E-state index contributed by atoms with van der Waals surface area (Å²) < 4.78 is 13.3. The molecule has 4 nitrogen and oxygen atoms in total. The summed E-state index contributed by atoms with van der Waals surface area (Å²) in [6, 6.07) is 13.4. The molecule has 2 N–H and O–H groups in total. The molecule has 2 aromatic rings. The second-order valence-corrected chi connectivity index (χ2v) is 6.26. The largest absolute Gasteiger partial charge is 0.380 e. The molecule has 0 spiro atoms. The number of anilines is 2. The van der Waals surface area contributed by atoms with Crippen LogP contribution < -0.4 is 10.6 Å². The Morgan fingerprint density at radius 3 is 2.83 bits per heavy atom. The normalized spacial score (nSPS) is 17.4. The first kappa shape index (κ1) is 16.6. The number of hydrogen-bond acceptors (Lipinski definition) is 2. The summed E-state index contributed by atoms with van der Waals surface area (Å²) in [5.74, 6) is -0.274. The Bertz CT molecular complexity index is 725. The average molecular weight is 348 g/mol. The second kappa shape index (κ2) is 7.53. The van der Waals surface area contributed by atoms with Crippen LogP contribution in [0.25, 0.3) is 0 Å². The number of piperidine rings is 1. The molecule has 0 unspecified atom stereocenters. The summed E-state index contributed by atoms with van der Waals surface area (Å²) in [5.41, 5.74) is 1.33. The van der Waals surface area contributed by atoms with Crippen LogP contribution in [-0.4, -0.2) is 30.1 Å². The van der Waals surface area contributed by atoms with Crippen molar-refractivity contribution in [2.24, 2.45) is 0 Å². The molecule has 1 saturated heterocycles. The van der Waals surface area contributed by atoms with Gasteiger partial charge in [-0.25, -0.2) is 9.18 Å². The lowest BCUT2D eigenvalue weighted by Crippen LogP contribution is -2.46. The Hall–Kier alpha value is -2.27. The van der Waals surface area contributed by atoms with E-state index in [1.807, 2.05) is 18.2 Å². The molecule has 0 radical (unpaired) electrons. The SMILES string of the molecule is O=C(Nc1ccccc1Cl)N1CCC[C@@H](Nc2cccc(F)c2)C1. The van der Waals surface area contributed by atoms with Gasteiger partial charge in [-0.3, -0.25) is 0 Å². The van der Waals surface area contributed by atoms with Crippen LogP contribution in [0, 0.1) is 5.82 Å². The van der Waals surface area contributed by atoms with Crippen molar-refractivity contribution in [3.63, 3.8) is 0 Å². The second-order valence-electron chi connectivity index (χ2n) is 5.85. The van der Waals surface area contributed by atoms with E-state index in [-0.39, 0.29) is 17.9 Å². The minimum absolute atomic E-state index is 0.0949. The number of benzene rings is 2. The molecule has 126 valence electrons. The predicted molar refractivity (Wildman–Crippen MR) is 95.1 cm³/mol. The van der Waals surface area contributed by atoms with Crippen molar-refractivity contribution in [2.75, 3.05) is 23.7 Å². The van der Waals surface area contributed by atoms with Gasteiger partial charge in [0.2, 0.25) is 0 Å². The summed E-state index contributed by atoms with van der Waals surface area (Å²) in [7, 11) is 0. The molecule has 1 aliphatic heterocycles. The van der Waals surface area contributed by atoms with Gasteiger partial charge < -0.3 is 15.5 Å². The summed E-state index contributed by atoms with van der Waals surface area (Å²) in [6.07, 6.45) is 1.83. The Morgan fingerprint density at radius 2 is 2.04 bits per heavy atom. The molecule has 0 bridgehead atoms. The van der Waals surface area contributed by atoms with Crippen molar-refractivity contribution in [3.8, 4) is 0 Å². The third-order valence-corrected chi connectivity index (χ3v) is 4.35. The molecule has 1 aliphatic rings. The highest BCUT2D eigenvalue weighted by molar-refractivity contribution is 6.33. The van der Waals surface area contributed by atoms with E-state index in [9.17, 15) is 9.18 Å². The Balaban J connectivity index is 1.60. The molecule has 24 heavy (non-hydrogen) atoms. The minimum Gasteiger partial charge on any atom is -0.380 e. The van der Waals surface area contributed by atoms with Crippen LogP contribution in [0.2, 0.25) is 5.02 Å². The summed E-state index contributed by atoms with van der Waals surface area (Å²) in [4.78, 5) is 14.2. The highest BCUT2D eigenvalue weighted by Gasteiger charge is 2.24. The van der Waals surface area contributed by atoms with Gasteiger partial charge in [-0.2, -0.15) is 0 Å². The van der Waals surface area contributed by atoms with Gasteiger partial charge in [-0.05, 0) is 43.2 Å². The number of nitrogens with one attached hydrogen (secondary N) is 2. The van der Waals surface area contributed by atoms with Crippen molar-refractivity contribution >= 4 is 29.0 Å². The number of urea groups is 1. The van der Waals surface area contributed by atoms with Crippen molar-refractivity contribution in [2.45, 2.75) is 18.9 Å². The van der Waals surface area contributed by atoms with Crippen molar-refractivity contribution in [3.05, 3.63) is 59.4 Å². The maximum Gasteiger partial charge on any atom is 0.321 e. The quantitative estimate of drug-likeness (QED) is 0.853. The predicted octanol–water partition coefficient (Wildman–Crippen LogP) is 4.59. The van der Waals surface area contributed by atoms with Gasteiger partial charge in [-0.15, -0.1) is 0 Å². The van der Waals surface area contributed by atoms with Gasteiger partial charge >= 0.3 is 6.03 Å². The molecule has 3 rings (SSSR count). The van der Waals surface area contributed by atoms with E-state index in [0.717, 1.165) is 18.5 Å². The number of nitrogens with zero attached hydrogens (tertiary/aromatic N) is 1. The topological polar surface area (TPSA) is 44.4 Å². The fourth-order valence-corrected chi connectivity index (χ4v) is 3.03. The lowest BCUT2D eigenvalue weighted by Gasteiger charge is -2.33. The van der Waals surface area contributed by atoms with E-state index < -0.39 is 0 Å². The number of para-hydroxylation sites is 1. The number of carbonyl (C=O) groups is 1. The van der Waals surface area contributed by atoms with Crippen LogP contribution in [0.3, 0.4) is 0 Å². The molecule has 6 heteroatoms. The number of likely N-dealkylation sites (tertiary alicyclic amines) is 1. The van der Waals surface area contributed by atoms with Crippen LogP contribution in [-0.2, 0) is 0 Å². The molecule has 0 aromatic heterocycles. The van der Waals surface area contributed by atoms with Crippen LogP contribution in [0.5, 0.6) is 0 Å². The maximum atomic E-state index is 13.3. The highest BCUT2D eigenvalue weighted by atomic mass is 35.5. The third-order valence-electron chi connectivity index (χ3n) is 4.02. The van der Waals surface area contributed by atoms with E-state index >= 15 is 0 Å². The van der Waals surface area contributed by atoms with Gasteiger partial charge in [0.1, 0.15) is 5.82 Å². The number of amides is 2. The molecule has 1 atom stereocenters. The maximum absolute atomic E-state index is 13.3. The molecular formula is C18H19ClFN3O. The Morgan fingerprint density at radius 1 is 1.21 bits per heavy atom. The van der Waals surface area contributed by atoms with E-state index in [2.05, 4.69) is 10.6 Å². The van der Waals surface area contributed by atoms with Gasteiger partial charge in [0.25, 0.3) is 0 Å². The van der Waals surface area contributed by atoms with Crippen molar-refractivity contribution < 1.29 is 9.18 Å². The van der Waals surface area contributed by atoms with Gasteiger partial charge in [0, 0.05) is 24.8 Å². The molecule has 2 amide bonds. The molecule has 2 aromatic carbocycles. The Labute approximate surface area is 145 Å². The number of halogens is 2. The van der Waals surface area contributed by atoms with Gasteiger partial charge in [-0.1, -0.05) is 29.8 Å². The smallest absolute Gasteiger partial charge is 0.321 e. The standard InChI is InChI=1S/C18H19ClFN3O/c19-16-8-1-2-9-17(16)22-18(24)23-10-4-7-15(12-23)21-14-6-3-5-13(20)11-14/h1-3,5-6,8-9,11,15,21H,4,7,10,12H2,(H,22,24)/t15-/m1/s1. The van der Waals surface area contributed by atoms with Crippen LogP contribution in [0.4, 0.5) is 20.6 Å². The third kappa shape index (κ3) is 4.17. The highest BCUT2D eigenvalue weighted by Crippen LogP contribution is 2.22. The zero-order chi connectivity index (χ0) is 16.9. The first-order chi connectivity index (χ1) is 11.6. The van der Waals surface area contributed by atoms with E-state index in [1.54, 1.807) is 23.1 Å². The first-order valence-corrected chi connectivity index (χ1v) is 8.32. The van der Waals surface area contributed by atoms with E-state index in [4.69, 9.17) is 11.6 Å². The molecule has 1 heterocycles. The monoisotopic (exact) mass is 347 g/mol. The number of carbonyl (C=O) groups excluding carboxylic acids is 1. The zero-order valence-electron chi connectivity index (χ0n) is 13.1. The van der Waals surface area contributed by atoms with Gasteiger partial charge in [0.15, 0.2) is 0 Å². The fourth-order valence-electron chi connectivity index (χ4n) is 2.85. The fraction of sp³-hybridized carbons (Fsp3) is 0.278. The summed E-state index contributed by atoms with van der Waals surface area (Å²) in [6.45, 7) is 1.25. The lowest BCUT2D eigenvalue weighted by molar-refractivity contribution is 0.196. The average Bonchev–Trinajstić information content (AvgIpc) is 2.57. The number of hydrogen-bond donors (Lipinski definition) is 2. The summed E-state index contributed by atoms with van der Waals surface area (Å²) >= 11 is 6.08. The van der Waals surface area contributed by atoms with Crippen molar-refractivity contribution in [1.82, 2.24) is 4.90 Å². The lowest BCUT2D eigenvalue weighted by atomic mass is 10.1. The van der Waals surface area contributed by atoms with Crippen LogP contribution in [0.15, 0.2) is 48.5 Å². The summed E-state index contributed by atoms with van der Waals surface area (Å²) in [5, 5.41) is 6.65. The molecule has 0 aliphatic carbocycles. The van der Waals surface area contributed by atoms with Gasteiger partial charge in [0.05, 0.1) is 10.7 Å². The number of rotatable bonds is 3. The molecular weight excluding hydrogens is 329 g/mol. The molecule has 1 fully saturated rings. The van der Waals surface area contributed by atoms with Crippen LogP contribution >= 0.6 is 11.6 Å². The van der Waals surface area contributed by atoms with Crippen LogP contribution in [0.1, 0.15) is 12.8 Å². The Kier molecular flexibility index (Phi) is 5.20. The molecule has 0 saturated carbocycles.